The maximum absolute atomic E-state index is 14.1. The van der Waals surface area contributed by atoms with Crippen molar-refractivity contribution in [1.82, 2.24) is 10.2 Å². The highest BCUT2D eigenvalue weighted by atomic mass is 79.9. The van der Waals surface area contributed by atoms with E-state index in [0.29, 0.717) is 22.4 Å². The topological polar surface area (TPSA) is 86.8 Å². The number of amides is 2. The van der Waals surface area contributed by atoms with Gasteiger partial charge in [-0.25, -0.2) is 8.42 Å². The van der Waals surface area contributed by atoms with Crippen LogP contribution in [0.3, 0.4) is 0 Å². The second kappa shape index (κ2) is 14.6. The Kier molecular flexibility index (Phi) is 11.7. The standard InChI is InChI=1S/C30H32BrClF3N3O4S/c1-4-20(2)36-29(40)27(16-21-8-6-5-7-9-21)37(18-22-10-13-24(31)14-11-22)28(39)19-38(43(3,41)42)26-17-23(30(33,34)35)12-15-25(26)32/h5-15,17,20,27H,4,16,18-19H2,1-3H3,(H,36,40). The number of hydrogen-bond donors (Lipinski definition) is 1. The lowest BCUT2D eigenvalue weighted by Gasteiger charge is -2.34. The van der Waals surface area contributed by atoms with E-state index in [1.54, 1.807) is 48.5 Å². The van der Waals surface area contributed by atoms with E-state index >= 15 is 0 Å². The molecular weight excluding hydrogens is 671 g/mol. The van der Waals surface area contributed by atoms with E-state index < -0.39 is 51.9 Å². The Bertz CT molecular complexity index is 1520. The molecule has 0 radical (unpaired) electrons. The molecule has 3 rings (SSSR count). The molecule has 2 atom stereocenters. The van der Waals surface area contributed by atoms with Crippen molar-refractivity contribution in [3.8, 4) is 0 Å². The Labute approximate surface area is 263 Å². The highest BCUT2D eigenvalue weighted by Gasteiger charge is 2.36. The second-order valence-corrected chi connectivity index (χ2v) is 13.3. The van der Waals surface area contributed by atoms with Crippen LogP contribution >= 0.6 is 27.5 Å². The molecule has 232 valence electrons. The van der Waals surface area contributed by atoms with E-state index in [1.807, 2.05) is 19.9 Å². The molecule has 0 aromatic heterocycles. The van der Waals surface area contributed by atoms with Crippen LogP contribution in [0.4, 0.5) is 18.9 Å². The molecule has 2 amide bonds. The summed E-state index contributed by atoms with van der Waals surface area (Å²) in [5.41, 5.74) is -0.232. The Morgan fingerprint density at radius 3 is 2.19 bits per heavy atom. The van der Waals surface area contributed by atoms with Crippen molar-refractivity contribution in [1.29, 1.82) is 0 Å². The summed E-state index contributed by atoms with van der Waals surface area (Å²) in [6, 6.07) is 17.0. The lowest BCUT2D eigenvalue weighted by Crippen LogP contribution is -2.54. The van der Waals surface area contributed by atoms with Crippen LogP contribution in [0, 0.1) is 0 Å². The molecule has 0 fully saturated rings. The van der Waals surface area contributed by atoms with Gasteiger partial charge in [-0.05, 0) is 54.8 Å². The molecular formula is C30H32BrClF3N3O4S. The number of benzene rings is 3. The summed E-state index contributed by atoms with van der Waals surface area (Å²) in [5.74, 6) is -1.26. The molecule has 43 heavy (non-hydrogen) atoms. The van der Waals surface area contributed by atoms with Gasteiger partial charge in [0.05, 0.1) is 22.5 Å². The van der Waals surface area contributed by atoms with E-state index in [9.17, 15) is 31.2 Å². The van der Waals surface area contributed by atoms with Gasteiger partial charge >= 0.3 is 6.18 Å². The largest absolute Gasteiger partial charge is 0.416 e. The fourth-order valence-corrected chi connectivity index (χ4v) is 5.64. The Morgan fingerprint density at radius 2 is 1.63 bits per heavy atom. The summed E-state index contributed by atoms with van der Waals surface area (Å²) in [5, 5.41) is 2.62. The van der Waals surface area contributed by atoms with Gasteiger partial charge in [0.15, 0.2) is 0 Å². The molecule has 0 spiro atoms. The average molecular weight is 703 g/mol. The van der Waals surface area contributed by atoms with Gasteiger partial charge in [-0.2, -0.15) is 13.2 Å². The number of alkyl halides is 3. The maximum Gasteiger partial charge on any atom is 0.416 e. The fourth-order valence-electron chi connectivity index (χ4n) is 4.26. The lowest BCUT2D eigenvalue weighted by molar-refractivity contribution is -0.140. The molecule has 0 heterocycles. The molecule has 0 aliphatic heterocycles. The number of hydrogen-bond acceptors (Lipinski definition) is 4. The molecule has 0 saturated heterocycles. The van der Waals surface area contributed by atoms with Crippen LogP contribution in [0.25, 0.3) is 0 Å². The quantitative estimate of drug-likeness (QED) is 0.236. The smallest absolute Gasteiger partial charge is 0.352 e. The fraction of sp³-hybridized carbons (Fsp3) is 0.333. The number of halogens is 5. The molecule has 3 aromatic carbocycles. The number of nitrogens with one attached hydrogen (secondary N) is 1. The van der Waals surface area contributed by atoms with Crippen LogP contribution in [-0.4, -0.2) is 50.0 Å². The summed E-state index contributed by atoms with van der Waals surface area (Å²) in [6.07, 6.45) is -3.28. The van der Waals surface area contributed by atoms with Gasteiger partial charge < -0.3 is 10.2 Å². The summed E-state index contributed by atoms with van der Waals surface area (Å²) in [4.78, 5) is 29.0. The minimum absolute atomic E-state index is 0.0779. The third-order valence-electron chi connectivity index (χ3n) is 6.76. The first-order valence-corrected chi connectivity index (χ1v) is 16.3. The van der Waals surface area contributed by atoms with Crippen LogP contribution in [0.2, 0.25) is 5.02 Å². The number of anilines is 1. The van der Waals surface area contributed by atoms with Crippen LogP contribution in [0.5, 0.6) is 0 Å². The normalized spacial score (nSPS) is 13.2. The van der Waals surface area contributed by atoms with Crippen LogP contribution in [0.15, 0.2) is 77.3 Å². The predicted molar refractivity (Wildman–Crippen MR) is 165 cm³/mol. The van der Waals surface area contributed by atoms with E-state index in [0.717, 1.165) is 28.4 Å². The van der Waals surface area contributed by atoms with Gasteiger partial charge in [-0.3, -0.25) is 13.9 Å². The molecule has 13 heteroatoms. The van der Waals surface area contributed by atoms with Crippen LogP contribution in [-0.2, 0) is 38.8 Å². The van der Waals surface area contributed by atoms with Gasteiger partial charge in [-0.1, -0.05) is 76.9 Å². The van der Waals surface area contributed by atoms with Crippen molar-refractivity contribution in [3.63, 3.8) is 0 Å². The summed E-state index contributed by atoms with van der Waals surface area (Å²) in [6.45, 7) is 2.74. The maximum atomic E-state index is 14.1. The summed E-state index contributed by atoms with van der Waals surface area (Å²) < 4.78 is 67.7. The molecule has 7 nitrogen and oxygen atoms in total. The average Bonchev–Trinajstić information content (AvgIpc) is 2.94. The van der Waals surface area contributed by atoms with Crippen LogP contribution in [0.1, 0.15) is 37.0 Å². The predicted octanol–water partition coefficient (Wildman–Crippen LogP) is 6.44. The van der Waals surface area contributed by atoms with Crippen molar-refractivity contribution in [3.05, 3.63) is 99.0 Å². The van der Waals surface area contributed by atoms with Crippen molar-refractivity contribution in [2.45, 2.75) is 51.5 Å². The molecule has 1 N–H and O–H groups in total. The zero-order chi connectivity index (χ0) is 31.9. The number of nitrogens with zero attached hydrogens (tertiary/aromatic N) is 2. The molecule has 2 unspecified atom stereocenters. The highest BCUT2D eigenvalue weighted by molar-refractivity contribution is 9.10. The van der Waals surface area contributed by atoms with E-state index in [4.69, 9.17) is 11.6 Å². The minimum atomic E-state index is -4.78. The summed E-state index contributed by atoms with van der Waals surface area (Å²) >= 11 is 9.55. The number of sulfonamides is 1. The second-order valence-electron chi connectivity index (χ2n) is 10.1. The Hall–Kier alpha value is -3.09. The number of carbonyl (C=O) groups is 2. The van der Waals surface area contributed by atoms with Gasteiger partial charge in [0.2, 0.25) is 21.8 Å². The Morgan fingerprint density at radius 1 is 1.00 bits per heavy atom. The Balaban J connectivity index is 2.11. The van der Waals surface area contributed by atoms with Gasteiger partial charge in [0.25, 0.3) is 0 Å². The van der Waals surface area contributed by atoms with Gasteiger partial charge in [0, 0.05) is 23.5 Å². The van der Waals surface area contributed by atoms with E-state index in [2.05, 4.69) is 21.2 Å². The third kappa shape index (κ3) is 9.70. The van der Waals surface area contributed by atoms with E-state index in [-0.39, 0.29) is 24.0 Å². The third-order valence-corrected chi connectivity index (χ3v) is 8.73. The molecule has 3 aromatic rings. The number of rotatable bonds is 12. The zero-order valence-corrected chi connectivity index (χ0v) is 26.9. The van der Waals surface area contributed by atoms with Crippen molar-refractivity contribution < 1.29 is 31.2 Å². The van der Waals surface area contributed by atoms with Crippen molar-refractivity contribution in [2.75, 3.05) is 17.1 Å². The zero-order valence-electron chi connectivity index (χ0n) is 23.7. The number of carbonyl (C=O) groups excluding carboxylic acids is 2. The van der Waals surface area contributed by atoms with E-state index in [1.165, 1.54) is 4.90 Å². The first kappa shape index (κ1) is 34.4. The van der Waals surface area contributed by atoms with Gasteiger partial charge in [-0.15, -0.1) is 0 Å². The molecule has 0 aliphatic rings. The molecule has 0 aliphatic carbocycles. The minimum Gasteiger partial charge on any atom is -0.352 e. The lowest BCUT2D eigenvalue weighted by atomic mass is 10.0. The highest BCUT2D eigenvalue weighted by Crippen LogP contribution is 2.36. The van der Waals surface area contributed by atoms with Gasteiger partial charge in [0.1, 0.15) is 12.6 Å². The van der Waals surface area contributed by atoms with Crippen molar-refractivity contribution in [2.24, 2.45) is 0 Å². The summed E-state index contributed by atoms with van der Waals surface area (Å²) in [7, 11) is -4.31. The van der Waals surface area contributed by atoms with Crippen LogP contribution < -0.4 is 9.62 Å². The molecule has 0 bridgehead atoms. The molecule has 0 saturated carbocycles. The SMILES string of the molecule is CCC(C)NC(=O)C(Cc1ccccc1)N(Cc1ccc(Br)cc1)C(=O)CN(c1cc(C(F)(F)F)ccc1Cl)S(C)(=O)=O. The first-order chi connectivity index (χ1) is 20.1. The first-order valence-electron chi connectivity index (χ1n) is 13.3. The van der Waals surface area contributed by atoms with Crippen molar-refractivity contribution >= 4 is 55.1 Å². The monoisotopic (exact) mass is 701 g/mol.